The first-order chi connectivity index (χ1) is 13.8. The van der Waals surface area contributed by atoms with Crippen molar-refractivity contribution in [3.63, 3.8) is 0 Å². The molecule has 152 valence electrons. The summed E-state index contributed by atoms with van der Waals surface area (Å²) in [5, 5.41) is 4.98. The third-order valence-corrected chi connectivity index (χ3v) is 5.06. The molecule has 0 radical (unpaired) electrons. The van der Waals surface area contributed by atoms with Gasteiger partial charge in [-0.1, -0.05) is 18.2 Å². The molecule has 0 aliphatic rings. The number of nitrogens with one attached hydrogen (secondary N) is 1. The number of ether oxygens (including phenoxy) is 1. The van der Waals surface area contributed by atoms with E-state index in [1.807, 2.05) is 31.2 Å². The predicted molar refractivity (Wildman–Crippen MR) is 107 cm³/mol. The van der Waals surface area contributed by atoms with Crippen LogP contribution in [0.2, 0.25) is 0 Å². The predicted octanol–water partition coefficient (Wildman–Crippen LogP) is 5.72. The van der Waals surface area contributed by atoms with Crippen LogP contribution >= 0.6 is 11.3 Å². The van der Waals surface area contributed by atoms with Crippen LogP contribution in [0.3, 0.4) is 0 Å². The van der Waals surface area contributed by atoms with Crippen molar-refractivity contribution in [2.45, 2.75) is 26.4 Å². The highest BCUT2D eigenvalue weighted by Gasteiger charge is 2.32. The Balaban J connectivity index is 1.72. The second kappa shape index (κ2) is 8.65. The molecule has 0 unspecified atom stereocenters. The van der Waals surface area contributed by atoms with Gasteiger partial charge in [0.1, 0.15) is 10.8 Å². The Morgan fingerprint density at radius 3 is 2.69 bits per heavy atom. The Kier molecular flexibility index (Phi) is 6.22. The fourth-order valence-corrected chi connectivity index (χ4v) is 3.66. The molecule has 0 bridgehead atoms. The van der Waals surface area contributed by atoms with E-state index >= 15 is 0 Å². The van der Waals surface area contributed by atoms with Gasteiger partial charge in [-0.3, -0.25) is 4.79 Å². The number of rotatable bonds is 6. The third-order valence-electron chi connectivity index (χ3n) is 4.14. The Morgan fingerprint density at radius 2 is 1.97 bits per heavy atom. The molecule has 3 aromatic rings. The lowest BCUT2D eigenvalue weighted by molar-refractivity contribution is -0.138. The SMILES string of the molecule is CCOc1ccccc1-c1nc(CC(=O)Nc2ccc(C)c(C(F)(F)F)c2)cs1. The number of hydrogen-bond acceptors (Lipinski definition) is 4. The second-order valence-corrected chi connectivity index (χ2v) is 7.18. The van der Waals surface area contributed by atoms with Gasteiger partial charge in [0.05, 0.1) is 29.8 Å². The van der Waals surface area contributed by atoms with Gasteiger partial charge in [0.15, 0.2) is 0 Å². The molecule has 0 saturated heterocycles. The summed E-state index contributed by atoms with van der Waals surface area (Å²) in [4.78, 5) is 16.8. The summed E-state index contributed by atoms with van der Waals surface area (Å²) >= 11 is 1.38. The minimum atomic E-state index is -4.47. The molecule has 0 aliphatic heterocycles. The molecule has 0 spiro atoms. The summed E-state index contributed by atoms with van der Waals surface area (Å²) in [5.74, 6) is 0.275. The van der Waals surface area contributed by atoms with E-state index in [2.05, 4.69) is 10.3 Å². The number of aromatic nitrogens is 1. The van der Waals surface area contributed by atoms with Crippen molar-refractivity contribution in [2.75, 3.05) is 11.9 Å². The molecule has 1 heterocycles. The fourth-order valence-electron chi connectivity index (χ4n) is 2.81. The summed E-state index contributed by atoms with van der Waals surface area (Å²) in [6, 6.07) is 11.2. The number of aryl methyl sites for hydroxylation is 1. The van der Waals surface area contributed by atoms with Crippen molar-refractivity contribution in [2.24, 2.45) is 0 Å². The van der Waals surface area contributed by atoms with E-state index in [1.54, 1.807) is 5.38 Å². The molecule has 2 aromatic carbocycles. The number of carbonyl (C=O) groups excluding carboxylic acids is 1. The maximum atomic E-state index is 13.0. The summed E-state index contributed by atoms with van der Waals surface area (Å²) < 4.78 is 44.7. The molecule has 1 N–H and O–H groups in total. The van der Waals surface area contributed by atoms with Gasteiger partial charge in [-0.25, -0.2) is 4.98 Å². The molecule has 0 aliphatic carbocycles. The molecule has 0 saturated carbocycles. The van der Waals surface area contributed by atoms with Gasteiger partial charge >= 0.3 is 6.18 Å². The monoisotopic (exact) mass is 420 g/mol. The van der Waals surface area contributed by atoms with Crippen LogP contribution in [0.15, 0.2) is 47.8 Å². The zero-order valence-electron chi connectivity index (χ0n) is 15.8. The van der Waals surface area contributed by atoms with Crippen molar-refractivity contribution in [3.05, 3.63) is 64.7 Å². The Hall–Kier alpha value is -2.87. The van der Waals surface area contributed by atoms with E-state index in [4.69, 9.17) is 4.74 Å². The summed E-state index contributed by atoms with van der Waals surface area (Å²) in [6.45, 7) is 3.79. The maximum Gasteiger partial charge on any atom is 0.416 e. The van der Waals surface area contributed by atoms with Gasteiger partial charge in [0.2, 0.25) is 5.91 Å². The summed E-state index contributed by atoms with van der Waals surface area (Å²) in [5.41, 5.74) is 0.813. The molecule has 0 atom stereocenters. The average molecular weight is 420 g/mol. The molecule has 8 heteroatoms. The van der Waals surface area contributed by atoms with Crippen molar-refractivity contribution >= 4 is 22.9 Å². The van der Waals surface area contributed by atoms with Crippen LogP contribution in [-0.2, 0) is 17.4 Å². The lowest BCUT2D eigenvalue weighted by Gasteiger charge is -2.12. The first-order valence-electron chi connectivity index (χ1n) is 8.92. The van der Waals surface area contributed by atoms with Crippen molar-refractivity contribution in [1.29, 1.82) is 0 Å². The number of alkyl halides is 3. The molecule has 3 rings (SSSR count). The Morgan fingerprint density at radius 1 is 1.21 bits per heavy atom. The van der Waals surface area contributed by atoms with Gasteiger partial charge < -0.3 is 10.1 Å². The number of carbonyl (C=O) groups is 1. The van der Waals surface area contributed by atoms with Crippen molar-refractivity contribution in [1.82, 2.24) is 4.98 Å². The minimum Gasteiger partial charge on any atom is -0.493 e. The topological polar surface area (TPSA) is 51.2 Å². The highest BCUT2D eigenvalue weighted by molar-refractivity contribution is 7.13. The maximum absolute atomic E-state index is 13.0. The number of anilines is 1. The number of thiazole rings is 1. The van der Waals surface area contributed by atoms with Gasteiger partial charge in [-0.2, -0.15) is 13.2 Å². The summed E-state index contributed by atoms with van der Waals surface area (Å²) in [7, 11) is 0. The molecule has 29 heavy (non-hydrogen) atoms. The Labute approximate surface area is 170 Å². The fraction of sp³-hybridized carbons (Fsp3) is 0.238. The van der Waals surface area contributed by atoms with E-state index in [9.17, 15) is 18.0 Å². The minimum absolute atomic E-state index is 0.0392. The number of amides is 1. The normalized spacial score (nSPS) is 11.3. The van der Waals surface area contributed by atoms with E-state index < -0.39 is 17.6 Å². The molecule has 1 amide bonds. The highest BCUT2D eigenvalue weighted by atomic mass is 32.1. The van der Waals surface area contributed by atoms with E-state index in [0.717, 1.165) is 11.6 Å². The van der Waals surface area contributed by atoms with Crippen LogP contribution in [0.25, 0.3) is 10.6 Å². The molecule has 0 fully saturated rings. The standard InChI is InChI=1S/C21H19F3N2O2S/c1-3-28-18-7-5-4-6-16(18)20-26-15(12-29-20)11-19(27)25-14-9-8-13(2)17(10-14)21(22,23)24/h4-10,12H,3,11H2,1-2H3,(H,25,27). The third kappa shape index (κ3) is 5.14. The van der Waals surface area contributed by atoms with E-state index in [1.165, 1.54) is 30.4 Å². The van der Waals surface area contributed by atoms with Crippen LogP contribution < -0.4 is 10.1 Å². The largest absolute Gasteiger partial charge is 0.493 e. The van der Waals surface area contributed by atoms with Crippen LogP contribution in [0.5, 0.6) is 5.75 Å². The average Bonchev–Trinajstić information content (AvgIpc) is 3.11. The molecule has 1 aromatic heterocycles. The number of halogens is 3. The quantitative estimate of drug-likeness (QED) is 0.555. The van der Waals surface area contributed by atoms with Crippen LogP contribution in [0.1, 0.15) is 23.7 Å². The van der Waals surface area contributed by atoms with E-state index in [-0.39, 0.29) is 17.7 Å². The summed E-state index contributed by atoms with van der Waals surface area (Å²) in [6.07, 6.45) is -4.51. The zero-order chi connectivity index (χ0) is 21.0. The molecular weight excluding hydrogens is 401 g/mol. The molecular formula is C21H19F3N2O2S. The number of nitrogens with zero attached hydrogens (tertiary/aromatic N) is 1. The first kappa shape index (κ1) is 20.9. The van der Waals surface area contributed by atoms with E-state index in [0.29, 0.717) is 23.1 Å². The number of hydrogen-bond donors (Lipinski definition) is 1. The molecule has 4 nitrogen and oxygen atoms in total. The van der Waals surface area contributed by atoms with Gasteiger partial charge in [0.25, 0.3) is 0 Å². The van der Waals surface area contributed by atoms with Crippen molar-refractivity contribution in [3.8, 4) is 16.3 Å². The van der Waals surface area contributed by atoms with Crippen molar-refractivity contribution < 1.29 is 22.7 Å². The lowest BCUT2D eigenvalue weighted by Crippen LogP contribution is -2.16. The van der Waals surface area contributed by atoms with Gasteiger partial charge in [0, 0.05) is 11.1 Å². The highest BCUT2D eigenvalue weighted by Crippen LogP contribution is 2.34. The van der Waals surface area contributed by atoms with Crippen LogP contribution in [0, 0.1) is 6.92 Å². The number of benzene rings is 2. The van der Waals surface area contributed by atoms with Gasteiger partial charge in [-0.15, -0.1) is 11.3 Å². The zero-order valence-corrected chi connectivity index (χ0v) is 16.7. The lowest BCUT2D eigenvalue weighted by atomic mass is 10.1. The first-order valence-corrected chi connectivity index (χ1v) is 9.80. The number of para-hydroxylation sites is 1. The Bertz CT molecular complexity index is 1020. The van der Waals surface area contributed by atoms with Crippen LogP contribution in [0.4, 0.5) is 18.9 Å². The van der Waals surface area contributed by atoms with Crippen LogP contribution in [-0.4, -0.2) is 17.5 Å². The van der Waals surface area contributed by atoms with Gasteiger partial charge in [-0.05, 0) is 43.7 Å². The second-order valence-electron chi connectivity index (χ2n) is 6.33. The smallest absolute Gasteiger partial charge is 0.416 e.